The summed E-state index contributed by atoms with van der Waals surface area (Å²) in [4.78, 5) is 28.4. The number of aryl methyl sites for hydroxylation is 1. The highest BCUT2D eigenvalue weighted by Crippen LogP contribution is 2.38. The van der Waals surface area contributed by atoms with Crippen molar-refractivity contribution in [2.24, 2.45) is 10.9 Å². The molecule has 2 aromatic rings. The van der Waals surface area contributed by atoms with Crippen molar-refractivity contribution in [3.8, 4) is 5.75 Å². The summed E-state index contributed by atoms with van der Waals surface area (Å²) in [6, 6.07) is 9.90. The van der Waals surface area contributed by atoms with Crippen LogP contribution in [-0.2, 0) is 11.0 Å². The molecule has 0 amide bonds. The minimum atomic E-state index is -4.39. The van der Waals surface area contributed by atoms with E-state index in [1.165, 1.54) is 23.9 Å². The number of rotatable bonds is 9. The summed E-state index contributed by atoms with van der Waals surface area (Å²) in [7, 11) is 0. The second-order valence-electron chi connectivity index (χ2n) is 8.52. The van der Waals surface area contributed by atoms with Gasteiger partial charge in [0.2, 0.25) is 0 Å². The Morgan fingerprint density at radius 2 is 1.82 bits per heavy atom. The fourth-order valence-electron chi connectivity index (χ4n) is 3.70. The van der Waals surface area contributed by atoms with Crippen molar-refractivity contribution in [2.45, 2.75) is 51.1 Å². The number of carboxylic acids is 1. The molecule has 0 spiro atoms. The third kappa shape index (κ3) is 6.40. The molecule has 2 unspecified atom stereocenters. The highest BCUT2D eigenvalue weighted by atomic mass is 32.2. The van der Waals surface area contributed by atoms with Crippen molar-refractivity contribution in [3.63, 3.8) is 0 Å². The number of thioether (sulfide) groups is 1. The number of ether oxygens (including phenoxy) is 1. The van der Waals surface area contributed by atoms with Crippen LogP contribution in [0.15, 0.2) is 47.5 Å². The first kappa shape index (κ1) is 25.8. The topological polar surface area (TPSA) is 76.0 Å². The molecule has 2 atom stereocenters. The average Bonchev–Trinajstić information content (AvgIpc) is 3.21. The fraction of sp³-hybridized carbons (Fsp3) is 0.400. The van der Waals surface area contributed by atoms with Crippen LogP contribution in [0.4, 0.5) is 13.2 Å². The molecule has 1 N–H and O–H groups in total. The van der Waals surface area contributed by atoms with Crippen LogP contribution in [0.25, 0.3) is 0 Å². The van der Waals surface area contributed by atoms with E-state index in [4.69, 9.17) is 14.8 Å². The van der Waals surface area contributed by atoms with E-state index in [1.807, 2.05) is 13.8 Å². The molecule has 34 heavy (non-hydrogen) atoms. The van der Waals surface area contributed by atoms with Crippen molar-refractivity contribution < 1.29 is 32.6 Å². The van der Waals surface area contributed by atoms with Gasteiger partial charge in [-0.3, -0.25) is 9.79 Å². The van der Waals surface area contributed by atoms with E-state index >= 15 is 0 Å². The lowest BCUT2D eigenvalue weighted by Crippen LogP contribution is -2.24. The van der Waals surface area contributed by atoms with Gasteiger partial charge in [-0.05, 0) is 43.0 Å². The molecule has 1 aliphatic rings. The van der Waals surface area contributed by atoms with Crippen LogP contribution in [0.5, 0.6) is 5.75 Å². The maximum atomic E-state index is 12.9. The van der Waals surface area contributed by atoms with Gasteiger partial charge in [-0.2, -0.15) is 13.2 Å². The zero-order chi connectivity index (χ0) is 25.0. The SMILES string of the molecule is Cc1ccc(C(=O)CCC2SC(c3ccc(C(F)(F)F)cc3)=NC2C(C)C)cc1OCC(=O)O. The molecule has 0 radical (unpaired) electrons. The summed E-state index contributed by atoms with van der Waals surface area (Å²) < 4.78 is 43.9. The Morgan fingerprint density at radius 3 is 2.41 bits per heavy atom. The Balaban J connectivity index is 1.67. The highest BCUT2D eigenvalue weighted by Gasteiger charge is 2.34. The first-order valence-corrected chi connectivity index (χ1v) is 11.7. The molecule has 1 heterocycles. The summed E-state index contributed by atoms with van der Waals surface area (Å²) in [5.41, 5.74) is 1.11. The zero-order valence-corrected chi connectivity index (χ0v) is 19.9. The maximum absolute atomic E-state index is 12.9. The van der Waals surface area contributed by atoms with Gasteiger partial charge in [-0.25, -0.2) is 4.79 Å². The third-order valence-electron chi connectivity index (χ3n) is 5.57. The van der Waals surface area contributed by atoms with Gasteiger partial charge in [0.1, 0.15) is 5.75 Å². The Kier molecular flexibility index (Phi) is 8.07. The van der Waals surface area contributed by atoms with Crippen LogP contribution < -0.4 is 4.74 Å². The molecular formula is C25H26F3NO4S. The molecule has 0 saturated carbocycles. The number of carbonyl (C=O) groups is 2. The van der Waals surface area contributed by atoms with E-state index in [0.717, 1.165) is 17.7 Å². The zero-order valence-electron chi connectivity index (χ0n) is 19.1. The molecule has 9 heteroatoms. The molecule has 0 bridgehead atoms. The molecule has 0 fully saturated rings. The van der Waals surface area contributed by atoms with Gasteiger partial charge in [0.05, 0.1) is 16.6 Å². The lowest BCUT2D eigenvalue weighted by Gasteiger charge is -2.20. The summed E-state index contributed by atoms with van der Waals surface area (Å²) in [5.74, 6) is -0.629. The van der Waals surface area contributed by atoms with E-state index < -0.39 is 24.3 Å². The van der Waals surface area contributed by atoms with Crippen LogP contribution in [0.1, 0.15) is 53.7 Å². The molecular weight excluding hydrogens is 467 g/mol. The molecule has 182 valence electrons. The molecule has 2 aromatic carbocycles. The van der Waals surface area contributed by atoms with Crippen LogP contribution in [0.2, 0.25) is 0 Å². The number of benzene rings is 2. The van der Waals surface area contributed by atoms with Gasteiger partial charge in [0.15, 0.2) is 12.4 Å². The van der Waals surface area contributed by atoms with Gasteiger partial charge in [0, 0.05) is 22.8 Å². The van der Waals surface area contributed by atoms with E-state index in [9.17, 15) is 22.8 Å². The monoisotopic (exact) mass is 493 g/mol. The van der Waals surface area contributed by atoms with Gasteiger partial charge in [-0.15, -0.1) is 11.8 Å². The third-order valence-corrected chi connectivity index (χ3v) is 6.95. The van der Waals surface area contributed by atoms with E-state index in [2.05, 4.69) is 0 Å². The molecule has 0 aromatic heterocycles. The van der Waals surface area contributed by atoms with Crippen LogP contribution in [0, 0.1) is 12.8 Å². The van der Waals surface area contributed by atoms with Gasteiger partial charge in [0.25, 0.3) is 0 Å². The number of carbonyl (C=O) groups excluding carboxylic acids is 1. The Hall–Kier alpha value is -2.81. The van der Waals surface area contributed by atoms with Gasteiger partial charge >= 0.3 is 12.1 Å². The van der Waals surface area contributed by atoms with Crippen molar-refractivity contribution in [3.05, 3.63) is 64.7 Å². The molecule has 5 nitrogen and oxygen atoms in total. The normalized spacial score (nSPS) is 18.1. The van der Waals surface area contributed by atoms with Crippen molar-refractivity contribution in [1.82, 2.24) is 0 Å². The molecule has 0 saturated heterocycles. The van der Waals surface area contributed by atoms with Crippen LogP contribution in [0.3, 0.4) is 0 Å². The minimum absolute atomic E-state index is 0.0226. The first-order chi connectivity index (χ1) is 16.0. The Morgan fingerprint density at radius 1 is 1.15 bits per heavy atom. The van der Waals surface area contributed by atoms with Crippen LogP contribution >= 0.6 is 11.8 Å². The molecule has 1 aliphatic heterocycles. The maximum Gasteiger partial charge on any atom is 0.416 e. The second-order valence-corrected chi connectivity index (χ2v) is 9.75. The quantitative estimate of drug-likeness (QED) is 0.432. The van der Waals surface area contributed by atoms with E-state index in [-0.39, 0.29) is 29.4 Å². The number of hydrogen-bond donors (Lipinski definition) is 1. The number of aliphatic imine (C=N–C) groups is 1. The largest absolute Gasteiger partial charge is 0.482 e. The minimum Gasteiger partial charge on any atom is -0.482 e. The lowest BCUT2D eigenvalue weighted by atomic mass is 9.96. The predicted molar refractivity (Wildman–Crippen MR) is 126 cm³/mol. The number of ketones is 1. The van der Waals surface area contributed by atoms with Crippen LogP contribution in [-0.4, -0.2) is 39.8 Å². The Bertz CT molecular complexity index is 1080. The van der Waals surface area contributed by atoms with E-state index in [0.29, 0.717) is 28.3 Å². The predicted octanol–water partition coefficient (Wildman–Crippen LogP) is 6.03. The number of alkyl halides is 3. The van der Waals surface area contributed by atoms with Crippen molar-refractivity contribution in [1.29, 1.82) is 0 Å². The average molecular weight is 494 g/mol. The summed E-state index contributed by atoms with van der Waals surface area (Å²) in [6.45, 7) is 5.35. The number of nitrogens with zero attached hydrogens (tertiary/aromatic N) is 1. The molecule has 3 rings (SSSR count). The lowest BCUT2D eigenvalue weighted by molar-refractivity contribution is -0.139. The summed E-state index contributed by atoms with van der Waals surface area (Å²) >= 11 is 1.49. The van der Waals surface area contributed by atoms with Crippen molar-refractivity contribution >= 4 is 28.6 Å². The highest BCUT2D eigenvalue weighted by molar-refractivity contribution is 8.15. The number of aliphatic carboxylic acids is 1. The molecule has 0 aliphatic carbocycles. The fourth-order valence-corrected chi connectivity index (χ4v) is 5.19. The smallest absolute Gasteiger partial charge is 0.416 e. The number of hydrogen-bond acceptors (Lipinski definition) is 5. The standard InChI is InChI=1S/C25H26F3NO4S/c1-14(2)23-21(34-24(29-23)16-6-8-18(9-7-16)25(26,27)28)11-10-19(30)17-5-4-15(3)20(12-17)33-13-22(31)32/h4-9,12,14,21,23H,10-11,13H2,1-3H3,(H,31,32). The Labute approximate surface area is 200 Å². The summed E-state index contributed by atoms with van der Waals surface area (Å²) in [5, 5.41) is 9.52. The number of halogens is 3. The summed E-state index contributed by atoms with van der Waals surface area (Å²) in [6.07, 6.45) is -3.57. The number of Topliss-reactive ketones (excluding diaryl/α,β-unsaturated/α-hetero) is 1. The number of carboxylic acid groups (broad SMARTS) is 1. The first-order valence-electron chi connectivity index (χ1n) is 10.9. The van der Waals surface area contributed by atoms with Gasteiger partial charge < -0.3 is 9.84 Å². The second kappa shape index (κ2) is 10.6. The van der Waals surface area contributed by atoms with E-state index in [1.54, 1.807) is 25.1 Å². The van der Waals surface area contributed by atoms with Crippen molar-refractivity contribution in [2.75, 3.05) is 6.61 Å². The van der Waals surface area contributed by atoms with Gasteiger partial charge in [-0.1, -0.05) is 38.1 Å².